The maximum atomic E-state index is 12.1. The number of carbonyl (C=O) groups is 1. The number of rotatable bonds is 2. The summed E-state index contributed by atoms with van der Waals surface area (Å²) in [7, 11) is 0. The van der Waals surface area contributed by atoms with Gasteiger partial charge in [0.15, 0.2) is 0 Å². The second-order valence-electron chi connectivity index (χ2n) is 5.21. The molecule has 0 radical (unpaired) electrons. The SMILES string of the molecule is Cc1cccc(C2=NNC(=O)[C@H](c3ccc(Br)cc3)C2)c1. The van der Waals surface area contributed by atoms with Crippen molar-refractivity contribution in [3.63, 3.8) is 0 Å². The Morgan fingerprint density at radius 1 is 1.19 bits per heavy atom. The molecule has 1 atom stereocenters. The van der Waals surface area contributed by atoms with E-state index in [-0.39, 0.29) is 11.8 Å². The maximum absolute atomic E-state index is 12.1. The molecule has 3 rings (SSSR count). The van der Waals surface area contributed by atoms with Crippen LogP contribution in [0.15, 0.2) is 58.1 Å². The summed E-state index contributed by atoms with van der Waals surface area (Å²) in [5, 5.41) is 4.22. The zero-order valence-corrected chi connectivity index (χ0v) is 13.2. The lowest BCUT2D eigenvalue weighted by Crippen LogP contribution is -2.33. The molecule has 4 heteroatoms. The maximum Gasteiger partial charge on any atom is 0.248 e. The van der Waals surface area contributed by atoms with Crippen LogP contribution >= 0.6 is 15.9 Å². The summed E-state index contributed by atoms with van der Waals surface area (Å²) >= 11 is 3.42. The summed E-state index contributed by atoms with van der Waals surface area (Å²) in [6, 6.07) is 16.1. The molecule has 0 unspecified atom stereocenters. The lowest BCUT2D eigenvalue weighted by molar-refractivity contribution is -0.122. The van der Waals surface area contributed by atoms with Gasteiger partial charge in [-0.15, -0.1) is 0 Å². The van der Waals surface area contributed by atoms with Crippen LogP contribution in [0, 0.1) is 6.92 Å². The predicted molar refractivity (Wildman–Crippen MR) is 87.4 cm³/mol. The Morgan fingerprint density at radius 2 is 1.95 bits per heavy atom. The third kappa shape index (κ3) is 3.05. The fourth-order valence-electron chi connectivity index (χ4n) is 2.50. The van der Waals surface area contributed by atoms with Gasteiger partial charge in [0, 0.05) is 10.9 Å². The van der Waals surface area contributed by atoms with Crippen molar-refractivity contribution in [2.75, 3.05) is 0 Å². The van der Waals surface area contributed by atoms with Crippen LogP contribution in [-0.2, 0) is 4.79 Å². The van der Waals surface area contributed by atoms with Gasteiger partial charge in [-0.05, 0) is 30.2 Å². The first-order chi connectivity index (χ1) is 10.1. The number of hydrazone groups is 1. The van der Waals surface area contributed by atoms with E-state index in [9.17, 15) is 4.79 Å². The lowest BCUT2D eigenvalue weighted by atomic mass is 9.89. The van der Waals surface area contributed by atoms with Gasteiger partial charge >= 0.3 is 0 Å². The molecule has 1 heterocycles. The Morgan fingerprint density at radius 3 is 2.67 bits per heavy atom. The van der Waals surface area contributed by atoms with Crippen LogP contribution < -0.4 is 5.43 Å². The average Bonchev–Trinajstić information content (AvgIpc) is 2.49. The molecule has 0 spiro atoms. The van der Waals surface area contributed by atoms with Crippen molar-refractivity contribution in [1.29, 1.82) is 0 Å². The quantitative estimate of drug-likeness (QED) is 0.886. The fourth-order valence-corrected chi connectivity index (χ4v) is 2.77. The van der Waals surface area contributed by atoms with E-state index in [2.05, 4.69) is 45.5 Å². The highest BCUT2D eigenvalue weighted by atomic mass is 79.9. The molecular formula is C17H15BrN2O. The minimum Gasteiger partial charge on any atom is -0.272 e. The number of amides is 1. The molecule has 0 fully saturated rings. The van der Waals surface area contributed by atoms with Gasteiger partial charge in [0.1, 0.15) is 0 Å². The monoisotopic (exact) mass is 342 g/mol. The Labute approximate surface area is 132 Å². The summed E-state index contributed by atoms with van der Waals surface area (Å²) in [5.74, 6) is -0.236. The van der Waals surface area contributed by atoms with Crippen LogP contribution in [0.2, 0.25) is 0 Å². The zero-order chi connectivity index (χ0) is 14.8. The summed E-state index contributed by atoms with van der Waals surface area (Å²) in [6.07, 6.45) is 0.622. The summed E-state index contributed by atoms with van der Waals surface area (Å²) in [4.78, 5) is 12.1. The number of halogens is 1. The van der Waals surface area contributed by atoms with Crippen molar-refractivity contribution in [1.82, 2.24) is 5.43 Å². The zero-order valence-electron chi connectivity index (χ0n) is 11.6. The molecule has 106 valence electrons. The first kappa shape index (κ1) is 14.0. The lowest BCUT2D eigenvalue weighted by Gasteiger charge is -2.22. The van der Waals surface area contributed by atoms with E-state index in [0.29, 0.717) is 6.42 Å². The van der Waals surface area contributed by atoms with Crippen LogP contribution in [0.3, 0.4) is 0 Å². The van der Waals surface area contributed by atoms with E-state index in [1.54, 1.807) is 0 Å². The average molecular weight is 343 g/mol. The van der Waals surface area contributed by atoms with Crippen LogP contribution in [0.25, 0.3) is 0 Å². The van der Waals surface area contributed by atoms with E-state index in [0.717, 1.165) is 21.3 Å². The molecule has 1 aliphatic heterocycles. The third-order valence-corrected chi connectivity index (χ3v) is 4.17. The molecule has 2 aromatic carbocycles. The standard InChI is InChI=1S/C17H15BrN2O/c1-11-3-2-4-13(9-11)16-10-15(17(21)20-19-16)12-5-7-14(18)8-6-12/h2-9,15H,10H2,1H3,(H,20,21)/t15-/m0/s1. The van der Waals surface area contributed by atoms with E-state index >= 15 is 0 Å². The van der Waals surface area contributed by atoms with Gasteiger partial charge in [0.2, 0.25) is 5.91 Å². The number of hydrogen-bond donors (Lipinski definition) is 1. The molecule has 0 aliphatic carbocycles. The van der Waals surface area contributed by atoms with Crippen LogP contribution in [-0.4, -0.2) is 11.6 Å². The van der Waals surface area contributed by atoms with Crippen molar-refractivity contribution < 1.29 is 4.79 Å². The number of hydrogen-bond acceptors (Lipinski definition) is 2. The molecule has 1 N–H and O–H groups in total. The molecule has 2 aromatic rings. The van der Waals surface area contributed by atoms with Crippen molar-refractivity contribution in [2.24, 2.45) is 5.10 Å². The minimum absolute atomic E-state index is 0.0475. The smallest absolute Gasteiger partial charge is 0.248 e. The van der Waals surface area contributed by atoms with Gasteiger partial charge in [-0.3, -0.25) is 4.79 Å². The van der Waals surface area contributed by atoms with Gasteiger partial charge < -0.3 is 0 Å². The van der Waals surface area contributed by atoms with Crippen LogP contribution in [0.1, 0.15) is 29.0 Å². The Bertz CT molecular complexity index is 707. The molecule has 0 saturated carbocycles. The van der Waals surface area contributed by atoms with Crippen molar-refractivity contribution in [2.45, 2.75) is 19.3 Å². The van der Waals surface area contributed by atoms with Gasteiger partial charge in [0.05, 0.1) is 11.6 Å². The molecule has 1 amide bonds. The second kappa shape index (κ2) is 5.82. The second-order valence-corrected chi connectivity index (χ2v) is 6.13. The topological polar surface area (TPSA) is 41.5 Å². The Kier molecular flexibility index (Phi) is 3.88. The van der Waals surface area contributed by atoms with Gasteiger partial charge in [-0.2, -0.15) is 5.10 Å². The number of benzene rings is 2. The van der Waals surface area contributed by atoms with Crippen molar-refractivity contribution in [3.05, 3.63) is 69.7 Å². The highest BCUT2D eigenvalue weighted by Crippen LogP contribution is 2.26. The highest BCUT2D eigenvalue weighted by Gasteiger charge is 2.27. The Balaban J connectivity index is 1.90. The van der Waals surface area contributed by atoms with E-state index in [4.69, 9.17) is 0 Å². The van der Waals surface area contributed by atoms with Crippen molar-refractivity contribution >= 4 is 27.5 Å². The summed E-state index contributed by atoms with van der Waals surface area (Å²) < 4.78 is 1.01. The largest absolute Gasteiger partial charge is 0.272 e. The third-order valence-electron chi connectivity index (χ3n) is 3.64. The predicted octanol–water partition coefficient (Wildman–Crippen LogP) is 3.77. The number of nitrogens with one attached hydrogen (secondary N) is 1. The number of nitrogens with zero attached hydrogens (tertiary/aromatic N) is 1. The minimum atomic E-state index is -0.189. The fraction of sp³-hybridized carbons (Fsp3) is 0.176. The Hall–Kier alpha value is -1.94. The molecule has 0 bridgehead atoms. The summed E-state index contributed by atoms with van der Waals surface area (Å²) in [6.45, 7) is 2.05. The molecular weight excluding hydrogens is 328 g/mol. The molecule has 0 aromatic heterocycles. The first-order valence-corrected chi connectivity index (χ1v) is 7.62. The van der Waals surface area contributed by atoms with E-state index in [1.807, 2.05) is 36.4 Å². The van der Waals surface area contributed by atoms with Crippen LogP contribution in [0.4, 0.5) is 0 Å². The molecule has 21 heavy (non-hydrogen) atoms. The van der Waals surface area contributed by atoms with Crippen molar-refractivity contribution in [3.8, 4) is 0 Å². The van der Waals surface area contributed by atoms with E-state index in [1.165, 1.54) is 5.56 Å². The number of carbonyl (C=O) groups excluding carboxylic acids is 1. The van der Waals surface area contributed by atoms with E-state index < -0.39 is 0 Å². The first-order valence-electron chi connectivity index (χ1n) is 6.82. The van der Waals surface area contributed by atoms with Crippen LogP contribution in [0.5, 0.6) is 0 Å². The van der Waals surface area contributed by atoms with Gasteiger partial charge in [-0.1, -0.05) is 57.9 Å². The summed E-state index contributed by atoms with van der Waals surface area (Å²) in [5.41, 5.74) is 6.84. The molecule has 1 aliphatic rings. The number of aryl methyl sites for hydroxylation is 1. The normalized spacial score (nSPS) is 18.1. The molecule has 3 nitrogen and oxygen atoms in total. The molecule has 0 saturated heterocycles. The van der Waals surface area contributed by atoms with Gasteiger partial charge in [0.25, 0.3) is 0 Å². The highest BCUT2D eigenvalue weighted by molar-refractivity contribution is 9.10. The van der Waals surface area contributed by atoms with Gasteiger partial charge in [-0.25, -0.2) is 5.43 Å².